The van der Waals surface area contributed by atoms with E-state index in [1.165, 1.54) is 12.1 Å². The number of carbonyl (C=O) groups is 2. The molecule has 0 aromatic heterocycles. The number of halogens is 1. The van der Waals surface area contributed by atoms with Gasteiger partial charge in [0.05, 0.1) is 30.8 Å². The molecule has 3 atom stereocenters. The Labute approximate surface area is 158 Å². The average Bonchev–Trinajstić information content (AvgIpc) is 2.61. The minimum atomic E-state index is -0.765. The molecule has 2 amide bonds. The Kier molecular flexibility index (Phi) is 5.81. The normalized spacial score (nSPS) is 26.7. The molecule has 27 heavy (non-hydrogen) atoms. The quantitative estimate of drug-likeness (QED) is 0.723. The van der Waals surface area contributed by atoms with Gasteiger partial charge in [0.25, 0.3) is 0 Å². The van der Waals surface area contributed by atoms with E-state index >= 15 is 0 Å². The molecular formula is C20H27FN2O4. The molecule has 0 radical (unpaired) electrons. The van der Waals surface area contributed by atoms with Gasteiger partial charge in [-0.15, -0.1) is 0 Å². The number of rotatable bonds is 5. The summed E-state index contributed by atoms with van der Waals surface area (Å²) in [4.78, 5) is 24.7. The van der Waals surface area contributed by atoms with Crippen LogP contribution in [0.25, 0.3) is 0 Å². The number of hydrogen-bond acceptors (Lipinski definition) is 4. The van der Waals surface area contributed by atoms with Crippen LogP contribution in [0, 0.1) is 24.1 Å². The highest BCUT2D eigenvalue weighted by Gasteiger charge is 2.43. The molecule has 0 spiro atoms. The number of aliphatic hydroxyl groups is 1. The SMILES string of the molecule is Cc1ccc(F)cc1CNC(=O)[C@H]1CC[C@H](NC(=O)C2(C)COC2)[C@@H](O)C1. The smallest absolute Gasteiger partial charge is 0.230 e. The number of amides is 2. The van der Waals surface area contributed by atoms with Crippen molar-refractivity contribution in [2.24, 2.45) is 11.3 Å². The summed E-state index contributed by atoms with van der Waals surface area (Å²) in [5.74, 6) is -0.907. The molecule has 1 saturated carbocycles. The standard InChI is InChI=1S/C20H27FN2O4/c1-12-3-5-15(21)7-14(12)9-22-18(25)13-4-6-16(17(24)8-13)23-19(26)20(2)10-27-11-20/h3,5,7,13,16-17,24H,4,6,8-11H2,1-2H3,(H,22,25)(H,23,26)/t13-,16-,17-/m0/s1. The first-order valence-electron chi connectivity index (χ1n) is 9.38. The number of ether oxygens (including phenoxy) is 1. The molecule has 1 saturated heterocycles. The van der Waals surface area contributed by atoms with Crippen molar-refractivity contribution in [3.05, 3.63) is 35.1 Å². The Balaban J connectivity index is 1.49. The molecule has 1 aromatic carbocycles. The van der Waals surface area contributed by atoms with Gasteiger partial charge in [-0.3, -0.25) is 9.59 Å². The Hall–Kier alpha value is -1.99. The largest absolute Gasteiger partial charge is 0.391 e. The predicted octanol–water partition coefficient (Wildman–Crippen LogP) is 1.43. The van der Waals surface area contributed by atoms with E-state index in [-0.39, 0.29) is 36.1 Å². The average molecular weight is 378 g/mol. The Bertz CT molecular complexity index is 720. The maximum absolute atomic E-state index is 13.4. The summed E-state index contributed by atoms with van der Waals surface area (Å²) in [6.45, 7) is 4.75. The van der Waals surface area contributed by atoms with E-state index in [1.807, 2.05) is 13.8 Å². The highest BCUT2D eigenvalue weighted by Crippen LogP contribution is 2.29. The van der Waals surface area contributed by atoms with Crippen LogP contribution in [-0.2, 0) is 20.9 Å². The second-order valence-corrected chi connectivity index (χ2v) is 8.00. The van der Waals surface area contributed by atoms with Crippen molar-refractivity contribution in [3.63, 3.8) is 0 Å². The van der Waals surface area contributed by atoms with Crippen molar-refractivity contribution < 1.29 is 23.8 Å². The van der Waals surface area contributed by atoms with Crippen LogP contribution in [0.4, 0.5) is 4.39 Å². The van der Waals surface area contributed by atoms with Crippen molar-refractivity contribution in [3.8, 4) is 0 Å². The fourth-order valence-electron chi connectivity index (χ4n) is 3.59. The number of nitrogens with one attached hydrogen (secondary N) is 2. The van der Waals surface area contributed by atoms with E-state index in [1.54, 1.807) is 6.07 Å². The summed E-state index contributed by atoms with van der Waals surface area (Å²) in [6, 6.07) is 4.15. The van der Waals surface area contributed by atoms with E-state index in [4.69, 9.17) is 4.74 Å². The van der Waals surface area contributed by atoms with Gasteiger partial charge in [-0.2, -0.15) is 0 Å². The van der Waals surface area contributed by atoms with E-state index in [9.17, 15) is 19.1 Å². The molecule has 1 aliphatic carbocycles. The molecule has 3 rings (SSSR count). The number of aryl methyl sites for hydroxylation is 1. The van der Waals surface area contributed by atoms with Crippen LogP contribution < -0.4 is 10.6 Å². The van der Waals surface area contributed by atoms with Crippen LogP contribution in [-0.4, -0.2) is 42.3 Å². The van der Waals surface area contributed by atoms with Crippen molar-refractivity contribution in [2.45, 2.75) is 51.8 Å². The van der Waals surface area contributed by atoms with Crippen LogP contribution >= 0.6 is 0 Å². The summed E-state index contributed by atoms with van der Waals surface area (Å²) in [7, 11) is 0. The molecule has 7 heteroatoms. The first-order chi connectivity index (χ1) is 12.8. The van der Waals surface area contributed by atoms with Crippen molar-refractivity contribution in [2.75, 3.05) is 13.2 Å². The Morgan fingerprint density at radius 2 is 2.07 bits per heavy atom. The fraction of sp³-hybridized carbons (Fsp3) is 0.600. The third kappa shape index (κ3) is 4.47. The lowest BCUT2D eigenvalue weighted by molar-refractivity contribution is -0.159. The van der Waals surface area contributed by atoms with Crippen molar-refractivity contribution >= 4 is 11.8 Å². The Morgan fingerprint density at radius 3 is 2.70 bits per heavy atom. The lowest BCUT2D eigenvalue weighted by atomic mass is 9.81. The van der Waals surface area contributed by atoms with Gasteiger partial charge >= 0.3 is 0 Å². The molecular weight excluding hydrogens is 351 g/mol. The number of hydrogen-bond donors (Lipinski definition) is 3. The molecule has 148 valence electrons. The number of carbonyl (C=O) groups excluding carboxylic acids is 2. The third-order valence-electron chi connectivity index (χ3n) is 5.66. The summed E-state index contributed by atoms with van der Waals surface area (Å²) >= 11 is 0. The molecule has 1 heterocycles. The third-order valence-corrected chi connectivity index (χ3v) is 5.66. The molecule has 0 bridgehead atoms. The van der Waals surface area contributed by atoms with Gasteiger partial charge in [-0.05, 0) is 56.4 Å². The predicted molar refractivity (Wildman–Crippen MR) is 97.2 cm³/mol. The highest BCUT2D eigenvalue weighted by molar-refractivity contribution is 5.83. The first kappa shape index (κ1) is 19.8. The van der Waals surface area contributed by atoms with E-state index in [2.05, 4.69) is 10.6 Å². The second-order valence-electron chi connectivity index (χ2n) is 8.00. The van der Waals surface area contributed by atoms with Gasteiger partial charge in [0.15, 0.2) is 0 Å². The maximum Gasteiger partial charge on any atom is 0.230 e. The molecule has 2 aliphatic rings. The number of benzene rings is 1. The molecule has 1 aromatic rings. The minimum Gasteiger partial charge on any atom is -0.391 e. The van der Waals surface area contributed by atoms with Gasteiger partial charge < -0.3 is 20.5 Å². The molecule has 0 unspecified atom stereocenters. The monoisotopic (exact) mass is 378 g/mol. The lowest BCUT2D eigenvalue weighted by Gasteiger charge is -2.39. The number of aliphatic hydroxyl groups excluding tert-OH is 1. The van der Waals surface area contributed by atoms with Gasteiger partial charge in [0.2, 0.25) is 11.8 Å². The summed E-state index contributed by atoms with van der Waals surface area (Å²) in [6.07, 6.45) is 0.662. The molecule has 1 aliphatic heterocycles. The van der Waals surface area contributed by atoms with Crippen LogP contribution in [0.15, 0.2) is 18.2 Å². The van der Waals surface area contributed by atoms with E-state index in [0.717, 1.165) is 11.1 Å². The zero-order chi connectivity index (χ0) is 19.6. The molecule has 3 N–H and O–H groups in total. The zero-order valence-corrected chi connectivity index (χ0v) is 15.8. The second kappa shape index (κ2) is 7.94. The van der Waals surface area contributed by atoms with Crippen LogP contribution in [0.3, 0.4) is 0 Å². The van der Waals surface area contributed by atoms with Gasteiger partial charge in [-0.1, -0.05) is 6.07 Å². The zero-order valence-electron chi connectivity index (χ0n) is 15.8. The van der Waals surface area contributed by atoms with E-state index < -0.39 is 11.5 Å². The fourth-order valence-corrected chi connectivity index (χ4v) is 3.59. The summed E-state index contributed by atoms with van der Waals surface area (Å²) in [5.41, 5.74) is 1.13. The van der Waals surface area contributed by atoms with Crippen molar-refractivity contribution in [1.82, 2.24) is 10.6 Å². The lowest BCUT2D eigenvalue weighted by Crippen LogP contribution is -2.57. The first-order valence-corrected chi connectivity index (χ1v) is 9.38. The van der Waals surface area contributed by atoms with E-state index in [0.29, 0.717) is 32.5 Å². The highest BCUT2D eigenvalue weighted by atomic mass is 19.1. The van der Waals surface area contributed by atoms with Gasteiger partial charge in [0, 0.05) is 12.5 Å². The van der Waals surface area contributed by atoms with Crippen LogP contribution in [0.2, 0.25) is 0 Å². The maximum atomic E-state index is 13.4. The molecule has 2 fully saturated rings. The topological polar surface area (TPSA) is 87.7 Å². The summed E-state index contributed by atoms with van der Waals surface area (Å²) in [5, 5.41) is 16.1. The van der Waals surface area contributed by atoms with Gasteiger partial charge in [-0.25, -0.2) is 4.39 Å². The molecule has 6 nitrogen and oxygen atoms in total. The van der Waals surface area contributed by atoms with Crippen molar-refractivity contribution in [1.29, 1.82) is 0 Å². The van der Waals surface area contributed by atoms with Crippen LogP contribution in [0.5, 0.6) is 0 Å². The minimum absolute atomic E-state index is 0.109. The van der Waals surface area contributed by atoms with Gasteiger partial charge in [0.1, 0.15) is 5.82 Å². The Morgan fingerprint density at radius 1 is 1.33 bits per heavy atom. The van der Waals surface area contributed by atoms with Crippen LogP contribution in [0.1, 0.15) is 37.3 Å². The summed E-state index contributed by atoms with van der Waals surface area (Å²) < 4.78 is 18.5.